The van der Waals surface area contributed by atoms with E-state index in [1.54, 1.807) is 0 Å². The van der Waals surface area contributed by atoms with Crippen LogP contribution in [0.2, 0.25) is 0 Å². The van der Waals surface area contributed by atoms with Gasteiger partial charge >= 0.3 is 0 Å². The normalized spacial score (nSPS) is 11.3. The van der Waals surface area contributed by atoms with Crippen LogP contribution >= 0.6 is 0 Å². The number of phenols is 2. The number of hydrogen-bond donors (Lipinski definition) is 4. The van der Waals surface area contributed by atoms with Crippen molar-refractivity contribution in [3.05, 3.63) is 66.5 Å². The number of aromatic hydroxyl groups is 2. The Balaban J connectivity index is 1.65. The summed E-state index contributed by atoms with van der Waals surface area (Å²) in [5.74, 6) is -0.760. The highest BCUT2D eigenvalue weighted by atomic mass is 32.2. The average Bonchev–Trinajstić information content (AvgIpc) is 2.75. The summed E-state index contributed by atoms with van der Waals surface area (Å²) in [6.07, 6.45) is 3.86. The van der Waals surface area contributed by atoms with Crippen LogP contribution < -0.4 is 14.8 Å². The van der Waals surface area contributed by atoms with Crippen LogP contribution in [-0.2, 0) is 14.8 Å². The molecule has 10 nitrogen and oxygen atoms in total. The standard InChI is InChI=1S/C20H18N4O6S/c1-30-20-11-18(21-12-22-20)24-31(28,29)15-6-4-14(5-7-15)23-19(27)9-3-13-2-8-16(25)17(26)10-13/h2-12,25-26H,1H3,(H,23,27)(H,21,22,24)/b9-3+. The van der Waals surface area contributed by atoms with Crippen molar-refractivity contribution in [3.8, 4) is 17.4 Å². The number of amides is 1. The third-order valence-corrected chi connectivity index (χ3v) is 5.32. The van der Waals surface area contributed by atoms with Crippen molar-refractivity contribution in [1.29, 1.82) is 0 Å². The van der Waals surface area contributed by atoms with E-state index in [0.717, 1.165) is 0 Å². The number of ether oxygens (including phenoxy) is 1. The van der Waals surface area contributed by atoms with Crippen LogP contribution in [0, 0.1) is 0 Å². The number of phenolic OH excluding ortho intramolecular Hbond substituents is 2. The summed E-state index contributed by atoms with van der Waals surface area (Å²) < 4.78 is 32.2. The number of carbonyl (C=O) groups excluding carboxylic acids is 1. The number of aromatic nitrogens is 2. The Labute approximate surface area is 177 Å². The monoisotopic (exact) mass is 442 g/mol. The molecule has 0 fully saturated rings. The number of rotatable bonds is 7. The van der Waals surface area contributed by atoms with Gasteiger partial charge in [-0.3, -0.25) is 9.52 Å². The Kier molecular flexibility index (Phi) is 6.36. The summed E-state index contributed by atoms with van der Waals surface area (Å²) in [5, 5.41) is 21.3. The van der Waals surface area contributed by atoms with Gasteiger partial charge < -0.3 is 20.3 Å². The van der Waals surface area contributed by atoms with E-state index in [-0.39, 0.29) is 28.1 Å². The van der Waals surface area contributed by atoms with Crippen LogP contribution in [0.5, 0.6) is 17.4 Å². The minimum atomic E-state index is -3.90. The SMILES string of the molecule is COc1cc(NS(=O)(=O)c2ccc(NC(=O)/C=C/c3ccc(O)c(O)c3)cc2)ncn1. The molecule has 11 heteroatoms. The first-order valence-corrected chi connectivity index (χ1v) is 10.2. The van der Waals surface area contributed by atoms with Crippen LogP contribution in [0.1, 0.15) is 5.56 Å². The Hall–Kier alpha value is -4.12. The second-order valence-corrected chi connectivity index (χ2v) is 7.83. The van der Waals surface area contributed by atoms with Gasteiger partial charge in [0.25, 0.3) is 10.0 Å². The smallest absolute Gasteiger partial charge is 0.263 e. The zero-order valence-corrected chi connectivity index (χ0v) is 17.0. The molecule has 0 radical (unpaired) electrons. The summed E-state index contributed by atoms with van der Waals surface area (Å²) in [7, 11) is -2.50. The third kappa shape index (κ3) is 5.70. The summed E-state index contributed by atoms with van der Waals surface area (Å²) in [6.45, 7) is 0. The van der Waals surface area contributed by atoms with Crippen molar-refractivity contribution in [2.24, 2.45) is 0 Å². The fourth-order valence-corrected chi connectivity index (χ4v) is 3.42. The lowest BCUT2D eigenvalue weighted by atomic mass is 10.2. The highest BCUT2D eigenvalue weighted by Gasteiger charge is 2.15. The third-order valence-electron chi connectivity index (χ3n) is 3.95. The van der Waals surface area contributed by atoms with Gasteiger partial charge in [-0.25, -0.2) is 18.4 Å². The quantitative estimate of drug-likeness (QED) is 0.322. The van der Waals surface area contributed by atoms with Crippen LogP contribution in [0.3, 0.4) is 0 Å². The van der Waals surface area contributed by atoms with Gasteiger partial charge in [0.15, 0.2) is 11.5 Å². The molecule has 0 aliphatic carbocycles. The van der Waals surface area contributed by atoms with Gasteiger partial charge in [0.05, 0.1) is 12.0 Å². The van der Waals surface area contributed by atoms with E-state index >= 15 is 0 Å². The maximum Gasteiger partial charge on any atom is 0.263 e. The molecular weight excluding hydrogens is 424 g/mol. The molecule has 1 amide bonds. The van der Waals surface area contributed by atoms with E-state index in [1.165, 1.54) is 74.1 Å². The average molecular weight is 442 g/mol. The first-order chi connectivity index (χ1) is 14.8. The predicted molar refractivity (Wildman–Crippen MR) is 113 cm³/mol. The molecule has 0 saturated carbocycles. The molecule has 0 unspecified atom stereocenters. The maximum atomic E-state index is 12.5. The Morgan fingerprint density at radius 2 is 1.77 bits per heavy atom. The molecule has 160 valence electrons. The van der Waals surface area contributed by atoms with Crippen molar-refractivity contribution >= 4 is 33.5 Å². The van der Waals surface area contributed by atoms with Crippen LogP contribution in [0.25, 0.3) is 6.08 Å². The molecule has 0 saturated heterocycles. The van der Waals surface area contributed by atoms with Gasteiger partial charge in [-0.05, 0) is 48.0 Å². The van der Waals surface area contributed by atoms with Crippen LogP contribution in [0.4, 0.5) is 11.5 Å². The molecule has 2 aromatic carbocycles. The molecular formula is C20H18N4O6S. The zero-order chi connectivity index (χ0) is 22.4. The molecule has 0 atom stereocenters. The molecule has 3 aromatic rings. The summed E-state index contributed by atoms with van der Waals surface area (Å²) in [6, 6.07) is 11.0. The van der Waals surface area contributed by atoms with Gasteiger partial charge in [-0.2, -0.15) is 0 Å². The summed E-state index contributed by atoms with van der Waals surface area (Å²) in [4.78, 5) is 19.7. The predicted octanol–water partition coefficient (Wildman–Crippen LogP) is 2.35. The van der Waals surface area contributed by atoms with E-state index in [9.17, 15) is 23.4 Å². The molecule has 4 N–H and O–H groups in total. The topological polar surface area (TPSA) is 151 Å². The highest BCUT2D eigenvalue weighted by molar-refractivity contribution is 7.92. The molecule has 0 aliphatic heterocycles. The number of sulfonamides is 1. The molecule has 1 aromatic heterocycles. The van der Waals surface area contributed by atoms with Crippen LogP contribution in [0.15, 0.2) is 65.8 Å². The molecule has 31 heavy (non-hydrogen) atoms. The number of nitrogens with one attached hydrogen (secondary N) is 2. The van der Waals surface area contributed by atoms with Crippen molar-refractivity contribution < 1.29 is 28.2 Å². The summed E-state index contributed by atoms with van der Waals surface area (Å²) in [5.41, 5.74) is 0.894. The first kappa shape index (κ1) is 21.6. The van der Waals surface area contributed by atoms with Crippen molar-refractivity contribution in [1.82, 2.24) is 9.97 Å². The number of benzene rings is 2. The number of methoxy groups -OCH3 is 1. The summed E-state index contributed by atoms with van der Waals surface area (Å²) >= 11 is 0. The van der Waals surface area contributed by atoms with E-state index in [2.05, 4.69) is 20.0 Å². The molecule has 0 bridgehead atoms. The molecule has 1 heterocycles. The van der Waals surface area contributed by atoms with E-state index in [4.69, 9.17) is 4.74 Å². The Morgan fingerprint density at radius 1 is 1.03 bits per heavy atom. The van der Waals surface area contributed by atoms with Crippen molar-refractivity contribution in [3.63, 3.8) is 0 Å². The highest BCUT2D eigenvalue weighted by Crippen LogP contribution is 2.25. The maximum absolute atomic E-state index is 12.5. The van der Waals surface area contributed by atoms with Gasteiger partial charge in [0.2, 0.25) is 11.8 Å². The van der Waals surface area contributed by atoms with E-state index < -0.39 is 15.9 Å². The number of carbonyl (C=O) groups is 1. The largest absolute Gasteiger partial charge is 0.504 e. The molecule has 0 aliphatic rings. The lowest BCUT2D eigenvalue weighted by Crippen LogP contribution is -2.14. The lowest BCUT2D eigenvalue weighted by molar-refractivity contribution is -0.111. The fourth-order valence-electron chi connectivity index (χ4n) is 2.42. The minimum Gasteiger partial charge on any atom is -0.504 e. The number of anilines is 2. The lowest BCUT2D eigenvalue weighted by Gasteiger charge is -2.09. The van der Waals surface area contributed by atoms with Gasteiger partial charge in [-0.1, -0.05) is 6.07 Å². The van der Waals surface area contributed by atoms with E-state index in [1.807, 2.05) is 0 Å². The number of hydrogen-bond acceptors (Lipinski definition) is 8. The van der Waals surface area contributed by atoms with Crippen molar-refractivity contribution in [2.75, 3.05) is 17.1 Å². The molecule has 0 spiro atoms. The number of nitrogens with zero attached hydrogens (tertiary/aromatic N) is 2. The van der Waals surface area contributed by atoms with Gasteiger partial charge in [0, 0.05) is 17.8 Å². The molecule has 3 rings (SSSR count). The fraction of sp³-hybridized carbons (Fsp3) is 0.0500. The zero-order valence-electron chi connectivity index (χ0n) is 16.2. The van der Waals surface area contributed by atoms with Crippen molar-refractivity contribution in [2.45, 2.75) is 4.90 Å². The second-order valence-electron chi connectivity index (χ2n) is 6.15. The van der Waals surface area contributed by atoms with Gasteiger partial charge in [-0.15, -0.1) is 0 Å². The first-order valence-electron chi connectivity index (χ1n) is 8.77. The Bertz CT molecular complexity index is 1230. The minimum absolute atomic E-state index is 0.0295. The van der Waals surface area contributed by atoms with E-state index in [0.29, 0.717) is 11.3 Å². The van der Waals surface area contributed by atoms with Gasteiger partial charge in [0.1, 0.15) is 12.1 Å². The van der Waals surface area contributed by atoms with Crippen LogP contribution in [-0.4, -0.2) is 41.6 Å². The second kappa shape index (κ2) is 9.13. The Morgan fingerprint density at radius 3 is 2.45 bits per heavy atom.